The Morgan fingerprint density at radius 3 is 2.71 bits per heavy atom. The smallest absolute Gasteiger partial charge is 0.165 e. The van der Waals surface area contributed by atoms with Crippen LogP contribution in [0.2, 0.25) is 0 Å². The van der Waals surface area contributed by atoms with Gasteiger partial charge in [-0.25, -0.2) is 0 Å². The van der Waals surface area contributed by atoms with Gasteiger partial charge in [0.2, 0.25) is 0 Å². The van der Waals surface area contributed by atoms with E-state index in [1.165, 1.54) is 30.5 Å². The monoisotopic (exact) mass is 473 g/mol. The SMILES string of the molecule is CO[C@]12CC[C@@]3(C[C@@H]1C(O)c1ccccc1)[C@H]1Cc4ccc(O)c5c4[C@@]3(CCN1CC1CC1)[C@H]2O5. The van der Waals surface area contributed by atoms with Gasteiger partial charge in [0, 0.05) is 42.0 Å². The molecule has 0 aromatic heterocycles. The third kappa shape index (κ3) is 2.37. The number of aliphatic hydroxyl groups is 1. The summed E-state index contributed by atoms with van der Waals surface area (Å²) >= 11 is 0. The van der Waals surface area contributed by atoms with E-state index in [4.69, 9.17) is 9.47 Å². The number of nitrogens with zero attached hydrogens (tertiary/aromatic N) is 1. The van der Waals surface area contributed by atoms with E-state index in [9.17, 15) is 10.2 Å². The van der Waals surface area contributed by atoms with Crippen LogP contribution in [0.15, 0.2) is 42.5 Å². The molecule has 35 heavy (non-hydrogen) atoms. The standard InChI is InChI=1S/C30H35NO4/c1-34-30-12-11-28(16-21(30)25(33)19-5-3-2-4-6-19)23-15-20-9-10-22(32)26-24(20)29(28,27(30)35-26)13-14-31(23)17-18-7-8-18/h2-6,9-10,18,21,23,25,27,32-33H,7-8,11-17H2,1H3/t21-,23-,25?,27-,28-,29+,30-/m1/s1. The molecular weight excluding hydrogens is 438 g/mol. The summed E-state index contributed by atoms with van der Waals surface area (Å²) in [5, 5.41) is 22.8. The summed E-state index contributed by atoms with van der Waals surface area (Å²) in [6.45, 7) is 2.29. The van der Waals surface area contributed by atoms with Crippen molar-refractivity contribution in [2.24, 2.45) is 17.3 Å². The average molecular weight is 474 g/mol. The highest BCUT2D eigenvalue weighted by atomic mass is 16.6. The number of benzene rings is 2. The first-order chi connectivity index (χ1) is 17.0. The Morgan fingerprint density at radius 2 is 1.94 bits per heavy atom. The van der Waals surface area contributed by atoms with E-state index in [1.54, 1.807) is 0 Å². The molecule has 4 saturated carbocycles. The van der Waals surface area contributed by atoms with Gasteiger partial charge in [-0.15, -0.1) is 0 Å². The normalized spacial score (nSPS) is 41.4. The van der Waals surface area contributed by atoms with Crippen molar-refractivity contribution < 1.29 is 19.7 Å². The minimum atomic E-state index is -0.606. The van der Waals surface area contributed by atoms with Crippen molar-refractivity contribution in [3.8, 4) is 11.5 Å². The van der Waals surface area contributed by atoms with Gasteiger partial charge in [-0.1, -0.05) is 36.4 Å². The van der Waals surface area contributed by atoms with Crippen LogP contribution >= 0.6 is 0 Å². The molecule has 5 heteroatoms. The molecule has 7 atom stereocenters. The second-order valence-corrected chi connectivity index (χ2v) is 12.3. The van der Waals surface area contributed by atoms with Crippen molar-refractivity contribution in [3.05, 3.63) is 59.2 Å². The van der Waals surface area contributed by atoms with Gasteiger partial charge in [0.05, 0.1) is 6.10 Å². The van der Waals surface area contributed by atoms with Gasteiger partial charge in [0.15, 0.2) is 11.5 Å². The number of ether oxygens (including phenoxy) is 2. The highest BCUT2D eigenvalue weighted by molar-refractivity contribution is 5.63. The van der Waals surface area contributed by atoms with Crippen LogP contribution in [0.1, 0.15) is 61.3 Å². The van der Waals surface area contributed by atoms with E-state index < -0.39 is 11.7 Å². The molecule has 7 aliphatic rings. The molecule has 2 aromatic rings. The number of phenols is 1. The first kappa shape index (κ1) is 21.0. The number of rotatable bonds is 5. The van der Waals surface area contributed by atoms with E-state index in [1.807, 2.05) is 43.5 Å². The molecule has 2 N–H and O–H groups in total. The molecule has 5 nitrogen and oxygen atoms in total. The molecule has 0 amide bonds. The highest BCUT2D eigenvalue weighted by Gasteiger charge is 2.81. The van der Waals surface area contributed by atoms with E-state index >= 15 is 0 Å². The number of likely N-dealkylation sites (tertiary alicyclic amines) is 1. The summed E-state index contributed by atoms with van der Waals surface area (Å²) in [7, 11) is 1.81. The molecule has 1 saturated heterocycles. The van der Waals surface area contributed by atoms with Gasteiger partial charge in [-0.3, -0.25) is 4.90 Å². The maximum Gasteiger partial charge on any atom is 0.165 e. The third-order valence-corrected chi connectivity index (χ3v) is 11.2. The summed E-state index contributed by atoms with van der Waals surface area (Å²) in [6, 6.07) is 14.5. The minimum absolute atomic E-state index is 0.0254. The Labute approximate surface area is 207 Å². The second-order valence-electron chi connectivity index (χ2n) is 12.3. The highest BCUT2D eigenvalue weighted by Crippen LogP contribution is 2.77. The molecule has 9 rings (SSSR count). The number of hydrogen-bond donors (Lipinski definition) is 2. The molecular formula is C30H35NO4. The van der Waals surface area contributed by atoms with Crippen LogP contribution in [-0.4, -0.2) is 53.1 Å². The number of piperidine rings is 1. The Hall–Kier alpha value is -2.08. The summed E-state index contributed by atoms with van der Waals surface area (Å²) in [5.74, 6) is 1.75. The van der Waals surface area contributed by atoms with E-state index in [-0.39, 0.29) is 28.6 Å². The third-order valence-electron chi connectivity index (χ3n) is 11.2. The van der Waals surface area contributed by atoms with Crippen molar-refractivity contribution in [1.29, 1.82) is 0 Å². The topological polar surface area (TPSA) is 62.2 Å². The largest absolute Gasteiger partial charge is 0.504 e. The lowest BCUT2D eigenvalue weighted by atomic mass is 9.34. The molecule has 4 bridgehead atoms. The minimum Gasteiger partial charge on any atom is -0.504 e. The molecule has 2 aliphatic heterocycles. The number of hydrogen-bond acceptors (Lipinski definition) is 5. The molecule has 5 aliphatic carbocycles. The molecule has 2 aromatic carbocycles. The van der Waals surface area contributed by atoms with Crippen molar-refractivity contribution in [1.82, 2.24) is 4.90 Å². The maximum absolute atomic E-state index is 11.9. The quantitative estimate of drug-likeness (QED) is 0.676. The zero-order valence-corrected chi connectivity index (χ0v) is 20.5. The van der Waals surface area contributed by atoms with Crippen LogP contribution in [0.3, 0.4) is 0 Å². The van der Waals surface area contributed by atoms with Crippen LogP contribution in [0.4, 0.5) is 0 Å². The van der Waals surface area contributed by atoms with Gasteiger partial charge >= 0.3 is 0 Å². The Kier molecular flexibility index (Phi) is 4.10. The molecule has 5 fully saturated rings. The van der Waals surface area contributed by atoms with Crippen LogP contribution in [0.25, 0.3) is 0 Å². The predicted octanol–water partition coefficient (Wildman–Crippen LogP) is 4.35. The fourth-order valence-corrected chi connectivity index (χ4v) is 9.70. The van der Waals surface area contributed by atoms with Crippen LogP contribution in [0.5, 0.6) is 11.5 Å². The average Bonchev–Trinajstić information content (AvgIpc) is 3.63. The van der Waals surface area contributed by atoms with Gasteiger partial charge in [0.25, 0.3) is 0 Å². The predicted molar refractivity (Wildman–Crippen MR) is 132 cm³/mol. The molecule has 2 heterocycles. The van der Waals surface area contributed by atoms with Gasteiger partial charge in [-0.2, -0.15) is 0 Å². The summed E-state index contributed by atoms with van der Waals surface area (Å²) in [5.41, 5.74) is 2.88. The van der Waals surface area contributed by atoms with Crippen LogP contribution in [-0.2, 0) is 16.6 Å². The summed E-state index contributed by atoms with van der Waals surface area (Å²) in [4.78, 5) is 2.81. The zero-order valence-electron chi connectivity index (χ0n) is 20.5. The first-order valence-electron chi connectivity index (χ1n) is 13.6. The van der Waals surface area contributed by atoms with E-state index in [2.05, 4.69) is 11.0 Å². The lowest BCUT2D eigenvalue weighted by molar-refractivity contribution is -0.291. The number of phenolic OH excluding ortho intramolecular Hbond substituents is 1. The van der Waals surface area contributed by atoms with Gasteiger partial charge in [0.1, 0.15) is 11.7 Å². The van der Waals surface area contributed by atoms with Crippen molar-refractivity contribution in [3.63, 3.8) is 0 Å². The summed E-state index contributed by atoms with van der Waals surface area (Å²) < 4.78 is 13.4. The first-order valence-corrected chi connectivity index (χ1v) is 13.6. The van der Waals surface area contributed by atoms with Crippen molar-refractivity contribution >= 4 is 0 Å². The Morgan fingerprint density at radius 1 is 1.11 bits per heavy atom. The Bertz CT molecular complexity index is 1200. The lowest BCUT2D eigenvalue weighted by Gasteiger charge is -2.74. The van der Waals surface area contributed by atoms with E-state index in [0.717, 1.165) is 50.1 Å². The second kappa shape index (κ2) is 6.81. The number of aliphatic hydroxyl groups excluding tert-OH is 1. The molecule has 2 spiro atoms. The summed E-state index contributed by atoms with van der Waals surface area (Å²) in [6.07, 6.45) is 6.93. The lowest BCUT2D eigenvalue weighted by Crippen LogP contribution is -2.81. The number of methoxy groups -OCH3 is 1. The zero-order chi connectivity index (χ0) is 23.6. The van der Waals surface area contributed by atoms with Crippen LogP contribution in [0, 0.1) is 17.3 Å². The van der Waals surface area contributed by atoms with Gasteiger partial charge < -0.3 is 19.7 Å². The molecule has 184 valence electrons. The van der Waals surface area contributed by atoms with Crippen molar-refractivity contribution in [2.45, 2.75) is 74.2 Å². The van der Waals surface area contributed by atoms with Crippen LogP contribution < -0.4 is 4.74 Å². The Balaban J connectivity index is 1.34. The fraction of sp³-hybridized carbons (Fsp3) is 0.600. The maximum atomic E-state index is 11.9. The fourth-order valence-electron chi connectivity index (χ4n) is 9.70. The molecule has 0 radical (unpaired) electrons. The number of aromatic hydroxyl groups is 1. The molecule has 1 unspecified atom stereocenters. The van der Waals surface area contributed by atoms with E-state index in [0.29, 0.717) is 11.8 Å². The van der Waals surface area contributed by atoms with Gasteiger partial charge in [-0.05, 0) is 74.6 Å². The number of fused-ring (bicyclic) bond motifs is 2. The van der Waals surface area contributed by atoms with Crippen molar-refractivity contribution in [2.75, 3.05) is 20.2 Å².